The largest absolute Gasteiger partial charge is 0.312 e. The Morgan fingerprint density at radius 1 is 1.53 bits per heavy atom. The summed E-state index contributed by atoms with van der Waals surface area (Å²) in [5.74, 6) is 2.54. The molecule has 0 amide bonds. The van der Waals surface area contributed by atoms with Crippen molar-refractivity contribution in [2.45, 2.75) is 19.4 Å². The molecule has 0 saturated carbocycles. The van der Waals surface area contributed by atoms with Crippen LogP contribution in [-0.4, -0.2) is 11.5 Å². The van der Waals surface area contributed by atoms with Gasteiger partial charge >= 0.3 is 0 Å². The van der Waals surface area contributed by atoms with Crippen LogP contribution in [0, 0.1) is 22.5 Å². The summed E-state index contributed by atoms with van der Waals surface area (Å²) in [6, 6.07) is 4.67. The van der Waals surface area contributed by atoms with Crippen molar-refractivity contribution < 1.29 is 4.92 Å². The van der Waals surface area contributed by atoms with Gasteiger partial charge in [-0.2, -0.15) is 0 Å². The second-order valence-corrected chi connectivity index (χ2v) is 3.95. The minimum Gasteiger partial charge on any atom is -0.312 e. The van der Waals surface area contributed by atoms with Gasteiger partial charge in [0.15, 0.2) is 0 Å². The molecule has 0 unspecified atom stereocenters. The maximum atomic E-state index is 10.8. The molecule has 5 heteroatoms. The summed E-state index contributed by atoms with van der Waals surface area (Å²) in [6.07, 6.45) is 6.68. The third kappa shape index (κ3) is 4.43. The molecule has 1 aromatic rings. The van der Waals surface area contributed by atoms with E-state index in [-0.39, 0.29) is 5.69 Å². The molecule has 0 bridgehead atoms. The van der Waals surface area contributed by atoms with Gasteiger partial charge in [0.25, 0.3) is 5.69 Å². The van der Waals surface area contributed by atoms with E-state index in [2.05, 4.69) is 11.2 Å². The lowest BCUT2D eigenvalue weighted by Crippen LogP contribution is -2.15. The number of unbranched alkanes of at least 4 members (excludes halogenated alkanes) is 1. The van der Waals surface area contributed by atoms with Crippen molar-refractivity contribution in [3.8, 4) is 12.3 Å². The quantitative estimate of drug-likeness (QED) is 0.367. The minimum atomic E-state index is -0.426. The zero-order valence-corrected chi connectivity index (χ0v) is 10.0. The molecule has 90 valence electrons. The fraction of sp³-hybridized carbons (Fsp3) is 0.333. The van der Waals surface area contributed by atoms with Crippen LogP contribution in [0.25, 0.3) is 0 Å². The second kappa shape index (κ2) is 6.89. The normalized spacial score (nSPS) is 9.88. The first-order valence-electron chi connectivity index (χ1n) is 5.22. The van der Waals surface area contributed by atoms with Gasteiger partial charge in [-0.15, -0.1) is 12.3 Å². The number of nitro benzene ring substituents is 1. The fourth-order valence-electron chi connectivity index (χ4n) is 1.39. The van der Waals surface area contributed by atoms with Crippen molar-refractivity contribution in [1.29, 1.82) is 0 Å². The molecule has 4 nitrogen and oxygen atoms in total. The molecule has 0 aliphatic rings. The highest BCUT2D eigenvalue weighted by molar-refractivity contribution is 6.30. The van der Waals surface area contributed by atoms with E-state index < -0.39 is 4.92 Å². The summed E-state index contributed by atoms with van der Waals surface area (Å²) in [4.78, 5) is 10.4. The van der Waals surface area contributed by atoms with Gasteiger partial charge in [0.2, 0.25) is 0 Å². The summed E-state index contributed by atoms with van der Waals surface area (Å²) >= 11 is 5.72. The van der Waals surface area contributed by atoms with E-state index in [9.17, 15) is 10.1 Å². The average molecular weight is 253 g/mol. The predicted octanol–water partition coefficient (Wildman–Crippen LogP) is 2.75. The van der Waals surface area contributed by atoms with Crippen LogP contribution >= 0.6 is 11.6 Å². The lowest BCUT2D eigenvalue weighted by molar-refractivity contribution is -0.385. The van der Waals surface area contributed by atoms with Crippen LogP contribution in [0.3, 0.4) is 0 Å². The van der Waals surface area contributed by atoms with Gasteiger partial charge in [0.05, 0.1) is 4.92 Å². The Morgan fingerprint density at radius 3 is 2.94 bits per heavy atom. The van der Waals surface area contributed by atoms with Crippen LogP contribution in [0.1, 0.15) is 18.4 Å². The van der Waals surface area contributed by atoms with E-state index in [1.165, 1.54) is 6.07 Å². The lowest BCUT2D eigenvalue weighted by atomic mass is 10.2. The molecule has 0 fully saturated rings. The smallest absolute Gasteiger partial charge is 0.275 e. The van der Waals surface area contributed by atoms with Crippen LogP contribution in [0.5, 0.6) is 0 Å². The summed E-state index contributed by atoms with van der Waals surface area (Å²) in [5, 5.41) is 14.3. The van der Waals surface area contributed by atoms with E-state index >= 15 is 0 Å². The fourth-order valence-corrected chi connectivity index (χ4v) is 1.56. The number of terminal acetylenes is 1. The molecule has 0 aromatic heterocycles. The molecule has 1 rings (SSSR count). The average Bonchev–Trinajstić information content (AvgIpc) is 2.30. The number of nitro groups is 1. The first-order chi connectivity index (χ1) is 8.15. The van der Waals surface area contributed by atoms with Gasteiger partial charge in [-0.3, -0.25) is 10.1 Å². The van der Waals surface area contributed by atoms with E-state index in [0.717, 1.165) is 13.0 Å². The maximum absolute atomic E-state index is 10.8. The van der Waals surface area contributed by atoms with Crippen LogP contribution in [0.15, 0.2) is 18.2 Å². The van der Waals surface area contributed by atoms with Crippen molar-refractivity contribution >= 4 is 17.3 Å². The number of benzene rings is 1. The van der Waals surface area contributed by atoms with Gasteiger partial charge in [0, 0.05) is 29.6 Å². The molecule has 0 aliphatic heterocycles. The highest BCUT2D eigenvalue weighted by Crippen LogP contribution is 2.22. The molecule has 0 aliphatic carbocycles. The Labute approximate surface area is 105 Å². The number of nitrogens with one attached hydrogen (secondary N) is 1. The van der Waals surface area contributed by atoms with Crippen LogP contribution < -0.4 is 5.32 Å². The summed E-state index contributed by atoms with van der Waals surface area (Å²) in [6.45, 7) is 1.18. The lowest BCUT2D eigenvalue weighted by Gasteiger charge is -2.05. The highest BCUT2D eigenvalue weighted by atomic mass is 35.5. The number of halogens is 1. The van der Waals surface area contributed by atoms with Crippen molar-refractivity contribution in [3.05, 3.63) is 38.9 Å². The molecule has 1 aromatic carbocycles. The number of hydrogen-bond donors (Lipinski definition) is 1. The third-order valence-electron chi connectivity index (χ3n) is 2.23. The summed E-state index contributed by atoms with van der Waals surface area (Å²) in [5.41, 5.74) is 0.669. The molecular weight excluding hydrogens is 240 g/mol. The van der Waals surface area contributed by atoms with Crippen molar-refractivity contribution in [1.82, 2.24) is 5.32 Å². The number of hydrogen-bond acceptors (Lipinski definition) is 3. The highest BCUT2D eigenvalue weighted by Gasteiger charge is 2.13. The number of rotatable bonds is 6. The first kappa shape index (κ1) is 13.5. The van der Waals surface area contributed by atoms with Gasteiger partial charge in [-0.25, -0.2) is 0 Å². The van der Waals surface area contributed by atoms with Crippen LogP contribution in [0.2, 0.25) is 5.02 Å². The van der Waals surface area contributed by atoms with Crippen LogP contribution in [0.4, 0.5) is 5.69 Å². The summed E-state index contributed by atoms with van der Waals surface area (Å²) < 4.78 is 0. The Balaban J connectivity index is 2.59. The predicted molar refractivity (Wildman–Crippen MR) is 67.9 cm³/mol. The Bertz CT molecular complexity index is 441. The molecule has 1 N–H and O–H groups in total. The topological polar surface area (TPSA) is 55.2 Å². The van der Waals surface area contributed by atoms with E-state index in [1.54, 1.807) is 12.1 Å². The molecule has 0 radical (unpaired) electrons. The molecule has 0 heterocycles. The standard InChI is InChI=1S/C12H13ClN2O2/c1-2-3-4-7-14-9-10-5-6-11(13)8-12(10)15(16)17/h1,5-6,8,14H,3-4,7,9H2. The molecule has 0 spiro atoms. The second-order valence-electron chi connectivity index (χ2n) is 3.51. The Morgan fingerprint density at radius 2 is 2.29 bits per heavy atom. The Hall–Kier alpha value is -1.57. The van der Waals surface area contributed by atoms with Gasteiger partial charge in [-0.1, -0.05) is 11.6 Å². The number of nitrogens with zero attached hydrogens (tertiary/aromatic N) is 1. The molecule has 17 heavy (non-hydrogen) atoms. The molecular formula is C12H13ClN2O2. The molecule has 0 atom stereocenters. The van der Waals surface area contributed by atoms with Gasteiger partial charge < -0.3 is 5.32 Å². The van der Waals surface area contributed by atoms with Crippen LogP contribution in [-0.2, 0) is 6.54 Å². The zero-order valence-electron chi connectivity index (χ0n) is 9.28. The minimum absolute atomic E-state index is 0.0435. The SMILES string of the molecule is C#CCCCNCc1ccc(Cl)cc1[N+](=O)[O-]. The molecule has 0 saturated heterocycles. The van der Waals surface area contributed by atoms with E-state index in [1.807, 2.05) is 0 Å². The van der Waals surface area contributed by atoms with Crippen molar-refractivity contribution in [2.24, 2.45) is 0 Å². The maximum Gasteiger partial charge on any atom is 0.275 e. The zero-order chi connectivity index (χ0) is 12.7. The van der Waals surface area contributed by atoms with Gasteiger partial charge in [-0.05, 0) is 25.1 Å². The van der Waals surface area contributed by atoms with E-state index in [4.69, 9.17) is 18.0 Å². The first-order valence-corrected chi connectivity index (χ1v) is 5.60. The summed E-state index contributed by atoms with van der Waals surface area (Å²) in [7, 11) is 0. The van der Waals surface area contributed by atoms with Crippen molar-refractivity contribution in [2.75, 3.05) is 6.54 Å². The Kier molecular flexibility index (Phi) is 5.47. The monoisotopic (exact) mass is 252 g/mol. The third-order valence-corrected chi connectivity index (χ3v) is 2.47. The van der Waals surface area contributed by atoms with Crippen molar-refractivity contribution in [3.63, 3.8) is 0 Å². The van der Waals surface area contributed by atoms with Gasteiger partial charge in [0.1, 0.15) is 0 Å². The van der Waals surface area contributed by atoms with E-state index in [0.29, 0.717) is 23.6 Å².